The van der Waals surface area contributed by atoms with E-state index in [1.165, 1.54) is 0 Å². The molecule has 0 bridgehead atoms. The predicted octanol–water partition coefficient (Wildman–Crippen LogP) is 13.2. The van der Waals surface area contributed by atoms with Crippen LogP contribution in [0.5, 0.6) is 0 Å². The van der Waals surface area contributed by atoms with Crippen molar-refractivity contribution in [2.45, 2.75) is 103 Å². The molecule has 0 aliphatic carbocycles. The largest absolute Gasteiger partial charge is 0.378 e. The van der Waals surface area contributed by atoms with Crippen molar-refractivity contribution in [2.75, 3.05) is 126 Å². The lowest BCUT2D eigenvalue weighted by molar-refractivity contribution is 0.0940. The van der Waals surface area contributed by atoms with Gasteiger partial charge in [0, 0.05) is 136 Å². The van der Waals surface area contributed by atoms with E-state index >= 15 is 0 Å². The first kappa shape index (κ1) is 64.3. The summed E-state index contributed by atoms with van der Waals surface area (Å²) in [5, 5.41) is 11.9. The third-order valence-electron chi connectivity index (χ3n) is 15.0. The van der Waals surface area contributed by atoms with Crippen LogP contribution in [0.3, 0.4) is 0 Å². The molecule has 0 unspecified atom stereocenters. The monoisotopic (exact) mass is 1290 g/mol. The number of anilines is 4. The fourth-order valence-corrected chi connectivity index (χ4v) is 13.5. The predicted molar refractivity (Wildman–Crippen MR) is 362 cm³/mol. The lowest BCUT2D eigenvalue weighted by atomic mass is 10.1. The van der Waals surface area contributed by atoms with Crippen molar-refractivity contribution in [1.29, 1.82) is 0 Å². The maximum Gasteiger partial charge on any atom is 0.167 e. The normalized spacial score (nSPS) is 14.6. The molecule has 2 aliphatic heterocycles. The van der Waals surface area contributed by atoms with Gasteiger partial charge in [0.25, 0.3) is 0 Å². The molecule has 0 spiro atoms. The summed E-state index contributed by atoms with van der Waals surface area (Å²) in [4.78, 5) is 28.7. The molecular weight excluding hydrogens is 1200 g/mol. The fourth-order valence-electron chi connectivity index (χ4n) is 9.70. The van der Waals surface area contributed by atoms with Crippen molar-refractivity contribution in [3.05, 3.63) is 96.0 Å². The zero-order valence-corrected chi connectivity index (χ0v) is 58.1. The average molecular weight is 1290 g/mol. The lowest BCUT2D eigenvalue weighted by Crippen LogP contribution is -2.38. The molecule has 0 atom stereocenters. The molecular formula is C62H91BrN12O6Si4. The molecule has 2 aliphatic rings. The van der Waals surface area contributed by atoms with Crippen LogP contribution < -0.4 is 19.6 Å². The SMILES string of the molecule is C[Si](C)(C)CCOCN(COCC[Si](C)(C)C)c1c(Br)c(N2CCOCC2)nc2c(-c3cnc4ccccc4c3)cnn12.C[Si](C)(C)CCOCN(COCC[Si](C)(C)C)c1cc(N2CCOCC2)nc2c(-c3cnc4ccccc4c3)cnn12. The second-order valence-corrected chi connectivity index (χ2v) is 50.4. The number of nitrogens with zero attached hydrogens (tertiary/aromatic N) is 12. The summed E-state index contributed by atoms with van der Waals surface area (Å²) in [7, 11) is -4.89. The zero-order valence-electron chi connectivity index (χ0n) is 52.5. The van der Waals surface area contributed by atoms with Gasteiger partial charge in [0.15, 0.2) is 17.1 Å². The Bertz CT molecular complexity index is 3420. The van der Waals surface area contributed by atoms with E-state index in [1.54, 1.807) is 0 Å². The van der Waals surface area contributed by atoms with Crippen molar-refractivity contribution < 1.29 is 28.4 Å². The Kier molecular flexibility index (Phi) is 21.7. The second-order valence-electron chi connectivity index (χ2n) is 27.1. The molecule has 2 saturated heterocycles. The van der Waals surface area contributed by atoms with Crippen LogP contribution in [0.2, 0.25) is 103 Å². The Balaban J connectivity index is 0.000000204. The number of pyridine rings is 2. The summed E-state index contributed by atoms with van der Waals surface area (Å²) in [6.45, 7) is 38.9. The highest BCUT2D eigenvalue weighted by Crippen LogP contribution is 2.39. The molecule has 0 radical (unpaired) electrons. The van der Waals surface area contributed by atoms with Crippen LogP contribution >= 0.6 is 15.9 Å². The van der Waals surface area contributed by atoms with Crippen molar-refractivity contribution in [3.63, 3.8) is 0 Å². The van der Waals surface area contributed by atoms with Crippen molar-refractivity contribution in [2.24, 2.45) is 0 Å². The van der Waals surface area contributed by atoms with Crippen LogP contribution in [-0.4, -0.2) is 177 Å². The van der Waals surface area contributed by atoms with Gasteiger partial charge in [0.2, 0.25) is 0 Å². The van der Waals surface area contributed by atoms with E-state index in [2.05, 4.69) is 144 Å². The number of benzene rings is 2. The van der Waals surface area contributed by atoms with Gasteiger partial charge >= 0.3 is 0 Å². The quantitative estimate of drug-likeness (QED) is 0.0287. The average Bonchev–Trinajstić information content (AvgIpc) is 4.27. The Morgan fingerprint density at radius 3 is 1.36 bits per heavy atom. The third kappa shape index (κ3) is 18.0. The molecule has 0 saturated carbocycles. The number of morpholine rings is 2. The number of halogens is 1. The molecule has 18 nitrogen and oxygen atoms in total. The van der Waals surface area contributed by atoms with Gasteiger partial charge in [-0.1, -0.05) is 115 Å². The van der Waals surface area contributed by atoms with Gasteiger partial charge in [-0.05, 0) is 64.4 Å². The molecule has 0 amide bonds. The van der Waals surface area contributed by atoms with E-state index in [4.69, 9.17) is 58.6 Å². The smallest absolute Gasteiger partial charge is 0.167 e. The number of fused-ring (bicyclic) bond motifs is 4. The number of hydrogen-bond acceptors (Lipinski definition) is 16. The maximum absolute atomic E-state index is 6.32. The van der Waals surface area contributed by atoms with Crippen molar-refractivity contribution >= 4 is 105 Å². The molecule has 2 aromatic carbocycles. The molecule has 85 heavy (non-hydrogen) atoms. The standard InChI is InChI=1S/C31H45BrN6O3Si2.C31H46N6O3Si2/c1-42(2,3)17-15-40-22-37(23-41-16-18-43(4,5)6)31-28(32)30(36-11-13-39-14-12-36)35-29-26(21-34-38(29)31)25-19-24-9-7-8-10-27(24)33-20-25;1-41(2,3)17-15-39-23-36(24-40-16-18-42(4,5)6)30-20-29(35-11-13-38-14-12-35)34-31-27(22-33-37(30)31)26-19-25-9-7-8-10-28(25)32-21-26/h7-10,19-21H,11-18,22-23H2,1-6H3;7-10,19-22H,11-18,23-24H2,1-6H3. The minimum atomic E-state index is -1.23. The minimum absolute atomic E-state index is 0.393. The van der Waals surface area contributed by atoms with E-state index in [-0.39, 0.29) is 0 Å². The van der Waals surface area contributed by atoms with Crippen LogP contribution in [0.25, 0.3) is 55.4 Å². The van der Waals surface area contributed by atoms with Crippen LogP contribution in [0.4, 0.5) is 23.3 Å². The topological polar surface area (TPSA) is 154 Å². The molecule has 23 heteroatoms. The Morgan fingerprint density at radius 2 is 0.906 bits per heavy atom. The van der Waals surface area contributed by atoms with Crippen LogP contribution in [-0.2, 0) is 28.4 Å². The lowest BCUT2D eigenvalue weighted by Gasteiger charge is -2.32. The van der Waals surface area contributed by atoms with Gasteiger partial charge in [0.05, 0.1) is 49.9 Å². The summed E-state index contributed by atoms with van der Waals surface area (Å²) in [6.07, 6.45) is 7.62. The number of para-hydroxylation sites is 2. The maximum atomic E-state index is 6.32. The van der Waals surface area contributed by atoms with Gasteiger partial charge in [-0.3, -0.25) is 9.97 Å². The van der Waals surface area contributed by atoms with E-state index in [0.29, 0.717) is 53.4 Å². The van der Waals surface area contributed by atoms with Gasteiger partial charge in [-0.25, -0.2) is 9.97 Å². The summed E-state index contributed by atoms with van der Waals surface area (Å²) in [6, 6.07) is 27.2. The number of rotatable bonds is 26. The van der Waals surface area contributed by atoms with E-state index in [9.17, 15) is 0 Å². The highest BCUT2D eigenvalue weighted by molar-refractivity contribution is 9.10. The van der Waals surface area contributed by atoms with Gasteiger partial charge < -0.3 is 48.0 Å². The summed E-state index contributed by atoms with van der Waals surface area (Å²) in [5.41, 5.74) is 7.34. The number of hydrogen-bond donors (Lipinski definition) is 0. The molecule has 6 aromatic heterocycles. The van der Waals surface area contributed by atoms with Gasteiger partial charge in [0.1, 0.15) is 48.8 Å². The highest BCUT2D eigenvalue weighted by atomic mass is 79.9. The second kappa shape index (κ2) is 28.8. The van der Waals surface area contributed by atoms with Crippen LogP contribution in [0.1, 0.15) is 0 Å². The summed E-state index contributed by atoms with van der Waals surface area (Å²) < 4.78 is 41.2. The van der Waals surface area contributed by atoms with Gasteiger partial charge in [-0.2, -0.15) is 19.2 Å². The first-order chi connectivity index (χ1) is 40.6. The molecule has 10 rings (SSSR count). The molecule has 0 N–H and O–H groups in total. The summed E-state index contributed by atoms with van der Waals surface area (Å²) >= 11 is 3.96. The van der Waals surface area contributed by atoms with Crippen LogP contribution in [0.15, 0.2) is 96.0 Å². The molecule has 2 fully saturated rings. The number of aromatic nitrogens is 8. The third-order valence-corrected chi connectivity index (χ3v) is 22.6. The first-order valence-electron chi connectivity index (χ1n) is 30.2. The first-order valence-corrected chi connectivity index (χ1v) is 45.8. The van der Waals surface area contributed by atoms with E-state index in [0.717, 1.165) is 160 Å². The highest BCUT2D eigenvalue weighted by Gasteiger charge is 2.28. The Morgan fingerprint density at radius 1 is 0.494 bits per heavy atom. The van der Waals surface area contributed by atoms with Crippen LogP contribution in [0, 0.1) is 0 Å². The minimum Gasteiger partial charge on any atom is -0.378 e. The molecule has 8 heterocycles. The van der Waals surface area contributed by atoms with E-state index < -0.39 is 32.3 Å². The Hall–Kier alpha value is -5.19. The zero-order chi connectivity index (χ0) is 60.4. The van der Waals surface area contributed by atoms with Gasteiger partial charge in [-0.15, -0.1) is 0 Å². The fraction of sp³-hybridized carbons (Fsp3) is 0.516. The molecule has 8 aromatic rings. The number of ether oxygens (including phenoxy) is 6. The van der Waals surface area contributed by atoms with E-state index in [1.807, 2.05) is 70.2 Å². The summed E-state index contributed by atoms with van der Waals surface area (Å²) in [5.74, 6) is 3.55. The van der Waals surface area contributed by atoms with Crippen molar-refractivity contribution in [3.8, 4) is 22.3 Å². The molecule has 458 valence electrons. The Labute approximate surface area is 515 Å². The van der Waals surface area contributed by atoms with Crippen molar-refractivity contribution in [1.82, 2.24) is 39.2 Å².